The molecule has 1 aromatic rings. The second kappa shape index (κ2) is 6.17. The van der Waals surface area contributed by atoms with Crippen molar-refractivity contribution < 1.29 is 4.74 Å². The maximum absolute atomic E-state index is 5.42. The largest absolute Gasteiger partial charge is 0.379 e. The molecule has 1 rings (SSSR count). The molecule has 0 radical (unpaired) electrons. The van der Waals surface area contributed by atoms with E-state index in [0.717, 1.165) is 25.3 Å². The number of nitrogens with zero attached hydrogens (tertiary/aromatic N) is 2. The van der Waals surface area contributed by atoms with Gasteiger partial charge in [0.05, 0.1) is 12.1 Å². The van der Waals surface area contributed by atoms with Gasteiger partial charge in [0.15, 0.2) is 0 Å². The van der Waals surface area contributed by atoms with E-state index in [1.165, 1.54) is 0 Å². The summed E-state index contributed by atoms with van der Waals surface area (Å²) in [5.41, 5.74) is -0.0764. The van der Waals surface area contributed by atoms with Crippen LogP contribution in [0.25, 0.3) is 0 Å². The average molecular weight is 239 g/mol. The first kappa shape index (κ1) is 14.2. The third kappa shape index (κ3) is 4.88. The number of aromatic nitrogens is 2. The summed E-state index contributed by atoms with van der Waals surface area (Å²) in [4.78, 5) is 4.37. The number of nitrogens with one attached hydrogen (secondary N) is 1. The van der Waals surface area contributed by atoms with E-state index in [1.54, 1.807) is 7.11 Å². The van der Waals surface area contributed by atoms with Crippen molar-refractivity contribution in [1.29, 1.82) is 0 Å². The lowest BCUT2D eigenvalue weighted by Crippen LogP contribution is -2.27. The van der Waals surface area contributed by atoms with Crippen LogP contribution >= 0.6 is 0 Å². The van der Waals surface area contributed by atoms with E-state index >= 15 is 0 Å². The second-order valence-corrected chi connectivity index (χ2v) is 5.29. The molecule has 17 heavy (non-hydrogen) atoms. The standard InChI is InChI=1S/C13H25N3O/c1-11(2)15-10-12-14-7-9-16(12)8-6-13(3,4)17-5/h7,9,11,15H,6,8,10H2,1-5H3. The molecule has 4 heteroatoms. The molecule has 0 aromatic carbocycles. The third-order valence-corrected chi connectivity index (χ3v) is 2.98. The van der Waals surface area contributed by atoms with E-state index in [4.69, 9.17) is 4.74 Å². The number of imidazole rings is 1. The minimum Gasteiger partial charge on any atom is -0.379 e. The smallest absolute Gasteiger partial charge is 0.122 e. The molecule has 1 N–H and O–H groups in total. The van der Waals surface area contributed by atoms with Crippen LogP contribution in [0, 0.1) is 0 Å². The quantitative estimate of drug-likeness (QED) is 0.793. The number of hydrogen-bond acceptors (Lipinski definition) is 3. The highest BCUT2D eigenvalue weighted by atomic mass is 16.5. The minimum atomic E-state index is -0.0764. The lowest BCUT2D eigenvalue weighted by molar-refractivity contribution is 0.0119. The Bertz CT molecular complexity index is 331. The fraction of sp³-hybridized carbons (Fsp3) is 0.769. The summed E-state index contributed by atoms with van der Waals surface area (Å²) in [6.07, 6.45) is 4.87. The molecule has 0 saturated heterocycles. The van der Waals surface area contributed by atoms with Crippen molar-refractivity contribution >= 4 is 0 Å². The van der Waals surface area contributed by atoms with Gasteiger partial charge in [-0.2, -0.15) is 0 Å². The SMILES string of the molecule is COC(C)(C)CCn1ccnc1CNC(C)C. The Morgan fingerprint density at radius 1 is 1.47 bits per heavy atom. The van der Waals surface area contributed by atoms with Crippen molar-refractivity contribution in [1.82, 2.24) is 14.9 Å². The summed E-state index contributed by atoms with van der Waals surface area (Å²) >= 11 is 0. The molecule has 0 bridgehead atoms. The van der Waals surface area contributed by atoms with Gasteiger partial charge >= 0.3 is 0 Å². The number of methoxy groups -OCH3 is 1. The zero-order valence-electron chi connectivity index (χ0n) is 11.7. The van der Waals surface area contributed by atoms with Crippen molar-refractivity contribution in [2.24, 2.45) is 0 Å². The van der Waals surface area contributed by atoms with Crippen LogP contribution < -0.4 is 5.32 Å². The van der Waals surface area contributed by atoms with Gasteiger partial charge in [-0.1, -0.05) is 13.8 Å². The summed E-state index contributed by atoms with van der Waals surface area (Å²) in [5, 5.41) is 3.38. The molecule has 98 valence electrons. The molecule has 0 saturated carbocycles. The predicted molar refractivity (Wildman–Crippen MR) is 69.9 cm³/mol. The van der Waals surface area contributed by atoms with Gasteiger partial charge in [0.25, 0.3) is 0 Å². The summed E-state index contributed by atoms with van der Waals surface area (Å²) in [5.74, 6) is 1.09. The van der Waals surface area contributed by atoms with E-state index < -0.39 is 0 Å². The lowest BCUT2D eigenvalue weighted by Gasteiger charge is -2.23. The van der Waals surface area contributed by atoms with Crippen molar-refractivity contribution in [3.8, 4) is 0 Å². The molecule has 0 amide bonds. The van der Waals surface area contributed by atoms with Gasteiger partial charge in [-0.25, -0.2) is 4.98 Å². The zero-order chi connectivity index (χ0) is 12.9. The van der Waals surface area contributed by atoms with Gasteiger partial charge in [-0.05, 0) is 20.3 Å². The van der Waals surface area contributed by atoms with Gasteiger partial charge in [0.1, 0.15) is 5.82 Å². The van der Waals surface area contributed by atoms with Gasteiger partial charge in [-0.15, -0.1) is 0 Å². The Balaban J connectivity index is 2.51. The molecule has 0 aliphatic carbocycles. The van der Waals surface area contributed by atoms with Crippen LogP contribution in [0.4, 0.5) is 0 Å². The number of rotatable bonds is 7. The Hall–Kier alpha value is -0.870. The molecule has 4 nitrogen and oxygen atoms in total. The van der Waals surface area contributed by atoms with Crippen molar-refractivity contribution in [2.45, 2.75) is 58.8 Å². The van der Waals surface area contributed by atoms with Crippen molar-refractivity contribution in [3.63, 3.8) is 0 Å². The first-order valence-electron chi connectivity index (χ1n) is 6.23. The highest BCUT2D eigenvalue weighted by molar-refractivity contribution is 4.92. The van der Waals surface area contributed by atoms with Crippen LogP contribution in [0.2, 0.25) is 0 Å². The summed E-state index contributed by atoms with van der Waals surface area (Å²) in [6.45, 7) is 10.3. The first-order valence-corrected chi connectivity index (χ1v) is 6.23. The number of hydrogen-bond donors (Lipinski definition) is 1. The maximum Gasteiger partial charge on any atom is 0.122 e. The topological polar surface area (TPSA) is 39.1 Å². The fourth-order valence-electron chi connectivity index (χ4n) is 1.50. The number of ether oxygens (including phenoxy) is 1. The molecule has 0 aliphatic heterocycles. The number of aryl methyl sites for hydroxylation is 1. The minimum absolute atomic E-state index is 0.0764. The van der Waals surface area contributed by atoms with Crippen LogP contribution in [0.15, 0.2) is 12.4 Å². The molecule has 0 aliphatic rings. The molecule has 1 heterocycles. The molecule has 0 spiro atoms. The molecular formula is C13H25N3O. The van der Waals surface area contributed by atoms with Crippen LogP contribution in [-0.4, -0.2) is 28.3 Å². The van der Waals surface area contributed by atoms with Crippen LogP contribution in [-0.2, 0) is 17.8 Å². The second-order valence-electron chi connectivity index (χ2n) is 5.29. The summed E-state index contributed by atoms with van der Waals surface area (Å²) in [7, 11) is 1.76. The molecular weight excluding hydrogens is 214 g/mol. The van der Waals surface area contributed by atoms with Crippen LogP contribution in [0.1, 0.15) is 39.9 Å². The predicted octanol–water partition coefficient (Wildman–Crippen LogP) is 2.20. The summed E-state index contributed by atoms with van der Waals surface area (Å²) < 4.78 is 7.62. The fourth-order valence-corrected chi connectivity index (χ4v) is 1.50. The van der Waals surface area contributed by atoms with Gasteiger partial charge < -0.3 is 14.6 Å². The molecule has 0 fully saturated rings. The van der Waals surface area contributed by atoms with Gasteiger partial charge in [-0.3, -0.25) is 0 Å². The maximum atomic E-state index is 5.42. The van der Waals surface area contributed by atoms with E-state index in [-0.39, 0.29) is 5.60 Å². The Morgan fingerprint density at radius 2 is 2.18 bits per heavy atom. The van der Waals surface area contributed by atoms with Gasteiger partial charge in [0.2, 0.25) is 0 Å². The Labute approximate surface area is 104 Å². The normalized spacial score (nSPS) is 12.4. The first-order chi connectivity index (χ1) is 7.94. The van der Waals surface area contributed by atoms with E-state index in [9.17, 15) is 0 Å². The van der Waals surface area contributed by atoms with Crippen LogP contribution in [0.5, 0.6) is 0 Å². The average Bonchev–Trinajstić information content (AvgIpc) is 2.71. The lowest BCUT2D eigenvalue weighted by atomic mass is 10.1. The van der Waals surface area contributed by atoms with E-state index in [0.29, 0.717) is 6.04 Å². The van der Waals surface area contributed by atoms with E-state index in [2.05, 4.69) is 42.6 Å². The zero-order valence-corrected chi connectivity index (χ0v) is 11.7. The molecule has 0 atom stereocenters. The monoisotopic (exact) mass is 239 g/mol. The van der Waals surface area contributed by atoms with Crippen molar-refractivity contribution in [2.75, 3.05) is 7.11 Å². The Morgan fingerprint density at radius 3 is 2.76 bits per heavy atom. The molecule has 0 unspecified atom stereocenters. The molecule has 1 aromatic heterocycles. The third-order valence-electron chi connectivity index (χ3n) is 2.98. The highest BCUT2D eigenvalue weighted by Gasteiger charge is 2.16. The highest BCUT2D eigenvalue weighted by Crippen LogP contribution is 2.14. The van der Waals surface area contributed by atoms with E-state index in [1.807, 2.05) is 12.4 Å². The van der Waals surface area contributed by atoms with Crippen molar-refractivity contribution in [3.05, 3.63) is 18.2 Å². The van der Waals surface area contributed by atoms with Gasteiger partial charge in [0, 0.05) is 32.1 Å². The summed E-state index contributed by atoms with van der Waals surface area (Å²) in [6, 6.07) is 0.482. The van der Waals surface area contributed by atoms with Crippen LogP contribution in [0.3, 0.4) is 0 Å². The Kier molecular flexibility index (Phi) is 5.15.